The largest absolute Gasteiger partial charge is 0.357 e. The SMILES string of the molecule is C=CC=C(N=C)N1CCCCCC1. The van der Waals surface area contributed by atoms with Crippen LogP contribution in [0.15, 0.2) is 29.5 Å². The zero-order chi connectivity index (χ0) is 9.52. The van der Waals surface area contributed by atoms with Gasteiger partial charge in [-0.15, -0.1) is 0 Å². The number of aliphatic imine (C=N–C) groups is 1. The van der Waals surface area contributed by atoms with Gasteiger partial charge in [-0.3, -0.25) is 0 Å². The van der Waals surface area contributed by atoms with Crippen LogP contribution in [-0.2, 0) is 0 Å². The second kappa shape index (κ2) is 5.57. The van der Waals surface area contributed by atoms with Crippen LogP contribution in [0.4, 0.5) is 0 Å². The second-order valence-electron chi connectivity index (χ2n) is 3.32. The minimum Gasteiger partial charge on any atom is -0.357 e. The molecule has 0 atom stereocenters. The van der Waals surface area contributed by atoms with Crippen molar-refractivity contribution >= 4 is 6.72 Å². The van der Waals surface area contributed by atoms with Crippen LogP contribution in [0.25, 0.3) is 0 Å². The molecule has 0 aromatic rings. The Morgan fingerprint density at radius 2 is 1.77 bits per heavy atom. The summed E-state index contributed by atoms with van der Waals surface area (Å²) in [6.45, 7) is 9.47. The molecule has 0 spiro atoms. The third-order valence-electron chi connectivity index (χ3n) is 2.36. The van der Waals surface area contributed by atoms with Crippen molar-refractivity contribution in [2.75, 3.05) is 13.1 Å². The molecule has 1 rings (SSSR count). The molecule has 1 aliphatic rings. The van der Waals surface area contributed by atoms with Gasteiger partial charge in [0.25, 0.3) is 0 Å². The Hall–Kier alpha value is -1.05. The molecule has 1 saturated heterocycles. The van der Waals surface area contributed by atoms with Crippen molar-refractivity contribution in [3.05, 3.63) is 24.6 Å². The molecule has 2 nitrogen and oxygen atoms in total. The molecule has 1 aliphatic heterocycles. The van der Waals surface area contributed by atoms with Gasteiger partial charge in [0, 0.05) is 13.1 Å². The van der Waals surface area contributed by atoms with Crippen LogP contribution in [-0.4, -0.2) is 24.7 Å². The Balaban J connectivity index is 2.60. The highest BCUT2D eigenvalue weighted by molar-refractivity contribution is 5.29. The molecule has 0 aromatic heterocycles. The molecular weight excluding hydrogens is 160 g/mol. The van der Waals surface area contributed by atoms with Gasteiger partial charge in [-0.25, -0.2) is 4.99 Å². The number of hydrogen-bond donors (Lipinski definition) is 0. The van der Waals surface area contributed by atoms with E-state index in [0.29, 0.717) is 0 Å². The summed E-state index contributed by atoms with van der Waals surface area (Å²) in [5.74, 6) is 0.969. The molecule has 72 valence electrons. The first-order valence-electron chi connectivity index (χ1n) is 4.93. The van der Waals surface area contributed by atoms with E-state index >= 15 is 0 Å². The van der Waals surface area contributed by atoms with Crippen molar-refractivity contribution in [2.45, 2.75) is 25.7 Å². The first kappa shape index (κ1) is 10.0. The van der Waals surface area contributed by atoms with Gasteiger partial charge in [0.05, 0.1) is 0 Å². The molecule has 0 radical (unpaired) electrons. The summed E-state index contributed by atoms with van der Waals surface area (Å²) in [7, 11) is 0. The van der Waals surface area contributed by atoms with E-state index in [4.69, 9.17) is 0 Å². The molecule has 0 N–H and O–H groups in total. The van der Waals surface area contributed by atoms with Gasteiger partial charge < -0.3 is 4.90 Å². The van der Waals surface area contributed by atoms with Gasteiger partial charge in [-0.2, -0.15) is 0 Å². The Kier molecular flexibility index (Phi) is 4.30. The topological polar surface area (TPSA) is 15.6 Å². The van der Waals surface area contributed by atoms with Crippen molar-refractivity contribution in [2.24, 2.45) is 4.99 Å². The minimum absolute atomic E-state index is 0.969. The Morgan fingerprint density at radius 1 is 1.15 bits per heavy atom. The molecule has 0 amide bonds. The highest BCUT2D eigenvalue weighted by atomic mass is 15.2. The van der Waals surface area contributed by atoms with Crippen LogP contribution in [0.3, 0.4) is 0 Å². The average Bonchev–Trinajstić information content (AvgIpc) is 2.42. The predicted molar refractivity (Wildman–Crippen MR) is 57.9 cm³/mol. The van der Waals surface area contributed by atoms with Crippen molar-refractivity contribution < 1.29 is 0 Å². The molecule has 0 bridgehead atoms. The number of rotatable bonds is 3. The van der Waals surface area contributed by atoms with Gasteiger partial charge >= 0.3 is 0 Å². The fourth-order valence-corrected chi connectivity index (χ4v) is 1.66. The predicted octanol–water partition coefficient (Wildman–Crippen LogP) is 2.59. The monoisotopic (exact) mass is 178 g/mol. The van der Waals surface area contributed by atoms with Gasteiger partial charge in [0.1, 0.15) is 5.82 Å². The summed E-state index contributed by atoms with van der Waals surface area (Å²) in [4.78, 5) is 6.30. The quantitative estimate of drug-likeness (QED) is 0.479. The van der Waals surface area contributed by atoms with Crippen LogP contribution in [0, 0.1) is 0 Å². The summed E-state index contributed by atoms with van der Waals surface area (Å²) in [5, 5.41) is 0. The fraction of sp³-hybridized carbons (Fsp3) is 0.545. The molecule has 0 aliphatic carbocycles. The maximum absolute atomic E-state index is 4.01. The third-order valence-corrected chi connectivity index (χ3v) is 2.36. The molecular formula is C11H18N2. The zero-order valence-electron chi connectivity index (χ0n) is 8.21. The molecule has 1 heterocycles. The fourth-order valence-electron chi connectivity index (χ4n) is 1.66. The van der Waals surface area contributed by atoms with Crippen molar-refractivity contribution in [3.8, 4) is 0 Å². The van der Waals surface area contributed by atoms with E-state index in [0.717, 1.165) is 18.9 Å². The maximum Gasteiger partial charge on any atom is 0.127 e. The van der Waals surface area contributed by atoms with Crippen LogP contribution in [0.5, 0.6) is 0 Å². The number of allylic oxidation sites excluding steroid dienone is 2. The smallest absolute Gasteiger partial charge is 0.127 e. The van der Waals surface area contributed by atoms with E-state index in [9.17, 15) is 0 Å². The molecule has 13 heavy (non-hydrogen) atoms. The summed E-state index contributed by atoms with van der Waals surface area (Å²) in [6, 6.07) is 0. The van der Waals surface area contributed by atoms with E-state index in [2.05, 4.69) is 23.2 Å². The van der Waals surface area contributed by atoms with Crippen molar-refractivity contribution in [1.29, 1.82) is 0 Å². The highest BCUT2D eigenvalue weighted by Gasteiger charge is 2.09. The van der Waals surface area contributed by atoms with E-state index in [-0.39, 0.29) is 0 Å². The zero-order valence-corrected chi connectivity index (χ0v) is 8.21. The molecule has 0 aromatic carbocycles. The van der Waals surface area contributed by atoms with Gasteiger partial charge in [-0.05, 0) is 25.6 Å². The molecule has 1 fully saturated rings. The van der Waals surface area contributed by atoms with Crippen molar-refractivity contribution in [3.63, 3.8) is 0 Å². The summed E-state index contributed by atoms with van der Waals surface area (Å²) in [6.07, 6.45) is 8.92. The first-order valence-corrected chi connectivity index (χ1v) is 4.93. The Bertz CT molecular complexity index is 198. The van der Waals surface area contributed by atoms with E-state index in [1.807, 2.05) is 6.08 Å². The van der Waals surface area contributed by atoms with Gasteiger partial charge in [-0.1, -0.05) is 25.5 Å². The van der Waals surface area contributed by atoms with Gasteiger partial charge in [0.15, 0.2) is 0 Å². The highest BCUT2D eigenvalue weighted by Crippen LogP contribution is 2.15. The van der Waals surface area contributed by atoms with E-state index in [1.54, 1.807) is 6.08 Å². The molecule has 0 saturated carbocycles. The standard InChI is InChI=1S/C11H18N2/c1-3-8-11(12-2)13-9-6-4-5-7-10-13/h3,8H,1-2,4-7,9-10H2. The van der Waals surface area contributed by atoms with Gasteiger partial charge in [0.2, 0.25) is 0 Å². The van der Waals surface area contributed by atoms with Crippen molar-refractivity contribution in [1.82, 2.24) is 4.90 Å². The Morgan fingerprint density at radius 3 is 2.23 bits per heavy atom. The molecule has 0 unspecified atom stereocenters. The lowest BCUT2D eigenvalue weighted by Gasteiger charge is -2.21. The maximum atomic E-state index is 4.01. The average molecular weight is 178 g/mol. The number of likely N-dealkylation sites (tertiary alicyclic amines) is 1. The molecule has 2 heteroatoms. The van der Waals surface area contributed by atoms with Crippen LogP contribution < -0.4 is 0 Å². The normalized spacial score (nSPS) is 19.4. The minimum atomic E-state index is 0.969. The summed E-state index contributed by atoms with van der Waals surface area (Å²) >= 11 is 0. The van der Waals surface area contributed by atoms with Crippen LogP contribution in [0.1, 0.15) is 25.7 Å². The summed E-state index contributed by atoms with van der Waals surface area (Å²) in [5.41, 5.74) is 0. The lowest BCUT2D eigenvalue weighted by Crippen LogP contribution is -2.22. The second-order valence-corrected chi connectivity index (χ2v) is 3.32. The van der Waals surface area contributed by atoms with Crippen LogP contribution >= 0.6 is 0 Å². The number of nitrogens with zero attached hydrogens (tertiary/aromatic N) is 2. The lowest BCUT2D eigenvalue weighted by atomic mass is 10.2. The summed E-state index contributed by atoms with van der Waals surface area (Å²) < 4.78 is 0. The van der Waals surface area contributed by atoms with Crippen LogP contribution in [0.2, 0.25) is 0 Å². The Labute approximate surface area is 80.7 Å². The first-order chi connectivity index (χ1) is 6.38. The lowest BCUT2D eigenvalue weighted by molar-refractivity contribution is 0.356. The number of hydrogen-bond acceptors (Lipinski definition) is 2. The van der Waals surface area contributed by atoms with E-state index < -0.39 is 0 Å². The van der Waals surface area contributed by atoms with E-state index in [1.165, 1.54) is 25.7 Å². The third kappa shape index (κ3) is 3.05.